The van der Waals surface area contributed by atoms with Gasteiger partial charge >= 0.3 is 5.97 Å². The second kappa shape index (κ2) is 10.2. The molecule has 180 valence electrons. The first-order valence-corrected chi connectivity index (χ1v) is 12.9. The van der Waals surface area contributed by atoms with Gasteiger partial charge < -0.3 is 4.74 Å². The third-order valence-corrected chi connectivity index (χ3v) is 7.24. The van der Waals surface area contributed by atoms with Gasteiger partial charge in [0, 0.05) is 10.0 Å². The SMILES string of the molecule is CCOC(=O)C1=C(c2ccccc2)N=c2sc(=Cc3ccc(Br)cc3)c(=O)n2[C@@H]1c1ccc(F)cc1. The summed E-state index contributed by atoms with van der Waals surface area (Å²) in [5, 5.41) is 0. The fourth-order valence-corrected chi connectivity index (χ4v) is 5.38. The molecule has 3 aromatic carbocycles. The monoisotopic (exact) mass is 562 g/mol. The van der Waals surface area contributed by atoms with E-state index in [-0.39, 0.29) is 17.7 Å². The third-order valence-electron chi connectivity index (χ3n) is 5.73. The van der Waals surface area contributed by atoms with Crippen molar-refractivity contribution in [1.29, 1.82) is 0 Å². The molecule has 0 fully saturated rings. The van der Waals surface area contributed by atoms with Crippen molar-refractivity contribution >= 4 is 45.0 Å². The molecule has 1 aliphatic rings. The van der Waals surface area contributed by atoms with Gasteiger partial charge in [-0.25, -0.2) is 14.2 Å². The summed E-state index contributed by atoms with van der Waals surface area (Å²) in [6.07, 6.45) is 1.80. The van der Waals surface area contributed by atoms with Crippen LogP contribution >= 0.6 is 27.3 Å². The summed E-state index contributed by atoms with van der Waals surface area (Å²) in [7, 11) is 0. The number of hydrogen-bond acceptors (Lipinski definition) is 5. The van der Waals surface area contributed by atoms with Crippen LogP contribution in [0.15, 0.2) is 98.7 Å². The zero-order chi connectivity index (χ0) is 25.2. The van der Waals surface area contributed by atoms with Gasteiger partial charge in [-0.15, -0.1) is 0 Å². The van der Waals surface area contributed by atoms with Gasteiger partial charge in [-0.2, -0.15) is 0 Å². The lowest BCUT2D eigenvalue weighted by Crippen LogP contribution is -2.40. The zero-order valence-electron chi connectivity index (χ0n) is 19.2. The van der Waals surface area contributed by atoms with Gasteiger partial charge in [0.15, 0.2) is 4.80 Å². The number of esters is 1. The predicted octanol–water partition coefficient (Wildman–Crippen LogP) is 4.84. The quantitative estimate of drug-likeness (QED) is 0.327. The van der Waals surface area contributed by atoms with E-state index in [4.69, 9.17) is 9.73 Å². The first kappa shape index (κ1) is 24.1. The summed E-state index contributed by atoms with van der Waals surface area (Å²) < 4.78 is 22.2. The number of thiazole rings is 1. The molecule has 4 aromatic rings. The Kier molecular flexibility index (Phi) is 6.80. The van der Waals surface area contributed by atoms with Crippen LogP contribution in [0.25, 0.3) is 11.8 Å². The molecule has 0 unspecified atom stereocenters. The predicted molar refractivity (Wildman–Crippen MR) is 142 cm³/mol. The zero-order valence-corrected chi connectivity index (χ0v) is 21.6. The molecule has 1 aliphatic heterocycles. The molecule has 1 atom stereocenters. The van der Waals surface area contributed by atoms with Gasteiger partial charge in [-0.05, 0) is 48.4 Å². The molecule has 0 N–H and O–H groups in total. The van der Waals surface area contributed by atoms with E-state index in [1.165, 1.54) is 28.0 Å². The molecule has 5 rings (SSSR count). The van der Waals surface area contributed by atoms with Gasteiger partial charge in [0.1, 0.15) is 5.82 Å². The van der Waals surface area contributed by atoms with Crippen LogP contribution in [0.1, 0.15) is 29.7 Å². The molecule has 0 bridgehead atoms. The smallest absolute Gasteiger partial charge is 0.338 e. The molecule has 5 nitrogen and oxygen atoms in total. The first-order valence-electron chi connectivity index (χ1n) is 11.3. The summed E-state index contributed by atoms with van der Waals surface area (Å²) in [6, 6.07) is 21.9. The molecule has 0 radical (unpaired) electrons. The molecule has 1 aromatic heterocycles. The molecule has 36 heavy (non-hydrogen) atoms. The lowest BCUT2D eigenvalue weighted by atomic mass is 9.93. The summed E-state index contributed by atoms with van der Waals surface area (Å²) in [4.78, 5) is 32.3. The van der Waals surface area contributed by atoms with Crippen molar-refractivity contribution in [1.82, 2.24) is 4.57 Å². The van der Waals surface area contributed by atoms with Crippen molar-refractivity contribution in [2.45, 2.75) is 13.0 Å². The average Bonchev–Trinajstić information content (AvgIpc) is 3.20. The van der Waals surface area contributed by atoms with E-state index in [1.807, 2.05) is 54.6 Å². The van der Waals surface area contributed by atoms with Crippen molar-refractivity contribution in [3.05, 3.63) is 131 Å². The lowest BCUT2D eigenvalue weighted by Gasteiger charge is -2.25. The van der Waals surface area contributed by atoms with Crippen LogP contribution in [0, 0.1) is 5.82 Å². The number of halogens is 2. The Morgan fingerprint density at radius 3 is 2.44 bits per heavy atom. The maximum Gasteiger partial charge on any atom is 0.338 e. The van der Waals surface area contributed by atoms with E-state index < -0.39 is 17.8 Å². The highest BCUT2D eigenvalue weighted by atomic mass is 79.9. The molecule has 2 heterocycles. The van der Waals surface area contributed by atoms with Gasteiger partial charge in [0.05, 0.1) is 28.5 Å². The number of nitrogens with zero attached hydrogens (tertiary/aromatic N) is 2. The highest BCUT2D eigenvalue weighted by Crippen LogP contribution is 2.35. The fraction of sp³-hybridized carbons (Fsp3) is 0.107. The van der Waals surface area contributed by atoms with Crippen LogP contribution < -0.4 is 14.9 Å². The molecular weight excluding hydrogens is 543 g/mol. The molecule has 0 spiro atoms. The summed E-state index contributed by atoms with van der Waals surface area (Å²) in [5.74, 6) is -0.983. The van der Waals surface area contributed by atoms with E-state index in [2.05, 4.69) is 15.9 Å². The van der Waals surface area contributed by atoms with Crippen LogP contribution in [0.2, 0.25) is 0 Å². The first-order chi connectivity index (χ1) is 17.5. The molecule has 8 heteroatoms. The van der Waals surface area contributed by atoms with E-state index in [0.717, 1.165) is 15.6 Å². The maximum atomic E-state index is 13.8. The van der Waals surface area contributed by atoms with E-state index in [0.29, 0.717) is 20.6 Å². The number of hydrogen-bond donors (Lipinski definition) is 0. The number of aromatic nitrogens is 1. The van der Waals surface area contributed by atoms with Gasteiger partial charge in [0.2, 0.25) is 0 Å². The third kappa shape index (κ3) is 4.62. The summed E-state index contributed by atoms with van der Waals surface area (Å²) >= 11 is 4.67. The Balaban J connectivity index is 1.82. The largest absolute Gasteiger partial charge is 0.463 e. The molecule has 0 aliphatic carbocycles. The Morgan fingerprint density at radius 1 is 1.08 bits per heavy atom. The van der Waals surface area contributed by atoms with Crippen LogP contribution in [0.4, 0.5) is 4.39 Å². The molecule has 0 saturated carbocycles. The van der Waals surface area contributed by atoms with Gasteiger partial charge in [-0.1, -0.05) is 81.9 Å². The van der Waals surface area contributed by atoms with Gasteiger partial charge in [-0.3, -0.25) is 9.36 Å². The van der Waals surface area contributed by atoms with E-state index in [1.54, 1.807) is 25.1 Å². The minimum atomic E-state index is -0.830. The number of benzene rings is 3. The topological polar surface area (TPSA) is 60.7 Å². The lowest BCUT2D eigenvalue weighted by molar-refractivity contribution is -0.138. The second-order valence-corrected chi connectivity index (χ2v) is 9.96. The molecule has 0 saturated heterocycles. The van der Waals surface area contributed by atoms with Crippen molar-refractivity contribution in [2.75, 3.05) is 6.61 Å². The Morgan fingerprint density at radius 2 is 1.78 bits per heavy atom. The number of carbonyl (C=O) groups excluding carboxylic acids is 1. The number of fused-ring (bicyclic) bond motifs is 1. The second-order valence-electron chi connectivity index (χ2n) is 8.03. The standard InChI is InChI=1S/C28H20BrFN2O3S/c1-2-35-27(34)23-24(18-6-4-3-5-7-18)31-28-32(25(23)19-10-14-21(30)15-11-19)26(33)22(36-28)16-17-8-12-20(29)13-9-17/h3-16,25H,2H2,1H3/t25-/m1/s1. The Hall–Kier alpha value is -3.62. The Labute approximate surface area is 218 Å². The van der Waals surface area contributed by atoms with Crippen molar-refractivity contribution in [2.24, 2.45) is 4.99 Å². The van der Waals surface area contributed by atoms with Crippen LogP contribution in [0.3, 0.4) is 0 Å². The number of carbonyl (C=O) groups is 1. The average molecular weight is 563 g/mol. The maximum absolute atomic E-state index is 13.8. The van der Waals surface area contributed by atoms with E-state index in [9.17, 15) is 14.0 Å². The highest BCUT2D eigenvalue weighted by molar-refractivity contribution is 9.10. The normalized spacial score (nSPS) is 15.4. The minimum Gasteiger partial charge on any atom is -0.463 e. The summed E-state index contributed by atoms with van der Waals surface area (Å²) in [5.41, 5.74) is 2.54. The number of ether oxygens (including phenoxy) is 1. The molecule has 0 amide bonds. The van der Waals surface area contributed by atoms with Crippen LogP contribution in [-0.2, 0) is 9.53 Å². The van der Waals surface area contributed by atoms with Crippen molar-refractivity contribution < 1.29 is 13.9 Å². The van der Waals surface area contributed by atoms with Crippen molar-refractivity contribution in [3.8, 4) is 0 Å². The van der Waals surface area contributed by atoms with Crippen molar-refractivity contribution in [3.63, 3.8) is 0 Å². The number of rotatable bonds is 5. The van der Waals surface area contributed by atoms with Gasteiger partial charge in [0.25, 0.3) is 5.56 Å². The van der Waals surface area contributed by atoms with Crippen LogP contribution in [-0.4, -0.2) is 17.1 Å². The summed E-state index contributed by atoms with van der Waals surface area (Å²) in [6.45, 7) is 1.88. The Bertz CT molecular complexity index is 1640. The minimum absolute atomic E-state index is 0.161. The van der Waals surface area contributed by atoms with E-state index >= 15 is 0 Å². The van der Waals surface area contributed by atoms with Crippen LogP contribution in [0.5, 0.6) is 0 Å². The highest BCUT2D eigenvalue weighted by Gasteiger charge is 2.35. The molecular formula is C28H20BrFN2O3S. The fourth-order valence-electron chi connectivity index (χ4n) is 4.11.